The number of likely N-dealkylation sites (tertiary alicyclic amines) is 1. The Morgan fingerprint density at radius 2 is 2.00 bits per heavy atom. The van der Waals surface area contributed by atoms with E-state index in [0.717, 1.165) is 25.3 Å². The third-order valence-electron chi connectivity index (χ3n) is 3.57. The maximum Gasteiger partial charge on any atom is 0.244 e. The van der Waals surface area contributed by atoms with Crippen LogP contribution in [0.3, 0.4) is 0 Å². The summed E-state index contributed by atoms with van der Waals surface area (Å²) in [5, 5.41) is 4.97. The van der Waals surface area contributed by atoms with Crippen LogP contribution in [-0.4, -0.2) is 35.7 Å². The van der Waals surface area contributed by atoms with Gasteiger partial charge >= 0.3 is 0 Å². The molecule has 23 heavy (non-hydrogen) atoms. The number of carbonyl (C=O) groups excluding carboxylic acids is 3. The van der Waals surface area contributed by atoms with Crippen LogP contribution in [-0.2, 0) is 14.4 Å². The van der Waals surface area contributed by atoms with Crippen molar-refractivity contribution in [3.05, 3.63) is 24.0 Å². The second kappa shape index (κ2) is 7.71. The molecule has 6 nitrogen and oxygen atoms in total. The van der Waals surface area contributed by atoms with Crippen LogP contribution in [0.4, 0.5) is 15.8 Å². The molecule has 0 unspecified atom stereocenters. The van der Waals surface area contributed by atoms with Crippen LogP contribution in [0.25, 0.3) is 0 Å². The summed E-state index contributed by atoms with van der Waals surface area (Å²) in [5.41, 5.74) is 0.364. The fraction of sp³-hybridized carbons (Fsp3) is 0.438. The molecule has 3 amide bonds. The quantitative estimate of drug-likeness (QED) is 0.891. The van der Waals surface area contributed by atoms with Crippen molar-refractivity contribution in [2.45, 2.75) is 32.6 Å². The van der Waals surface area contributed by atoms with Gasteiger partial charge in [-0.05, 0) is 31.0 Å². The number of hydrogen-bond donors (Lipinski definition) is 2. The lowest BCUT2D eigenvalue weighted by atomic mass is 10.2. The Morgan fingerprint density at radius 1 is 1.22 bits per heavy atom. The lowest BCUT2D eigenvalue weighted by Crippen LogP contribution is -2.37. The van der Waals surface area contributed by atoms with E-state index < -0.39 is 11.7 Å². The lowest BCUT2D eigenvalue weighted by molar-refractivity contribution is -0.134. The van der Waals surface area contributed by atoms with Gasteiger partial charge in [0.05, 0.1) is 12.2 Å². The van der Waals surface area contributed by atoms with Gasteiger partial charge in [0, 0.05) is 25.6 Å². The normalized spacial score (nSPS) is 15.0. The molecule has 1 aliphatic rings. The van der Waals surface area contributed by atoms with Gasteiger partial charge in [-0.1, -0.05) is 6.42 Å². The first-order valence-corrected chi connectivity index (χ1v) is 7.60. The molecule has 2 rings (SSSR count). The van der Waals surface area contributed by atoms with Gasteiger partial charge in [0.15, 0.2) is 0 Å². The number of amides is 3. The molecule has 124 valence electrons. The van der Waals surface area contributed by atoms with Crippen LogP contribution in [0.5, 0.6) is 0 Å². The highest BCUT2D eigenvalue weighted by atomic mass is 19.1. The van der Waals surface area contributed by atoms with Crippen molar-refractivity contribution in [2.24, 2.45) is 0 Å². The Morgan fingerprint density at radius 3 is 2.74 bits per heavy atom. The Kier molecular flexibility index (Phi) is 5.67. The minimum absolute atomic E-state index is 0.0245. The van der Waals surface area contributed by atoms with Crippen LogP contribution in [0.15, 0.2) is 18.2 Å². The van der Waals surface area contributed by atoms with Gasteiger partial charge in [-0.3, -0.25) is 14.4 Å². The minimum atomic E-state index is -0.602. The van der Waals surface area contributed by atoms with E-state index in [-0.39, 0.29) is 24.0 Å². The van der Waals surface area contributed by atoms with Gasteiger partial charge in [-0.2, -0.15) is 0 Å². The predicted molar refractivity (Wildman–Crippen MR) is 84.4 cm³/mol. The Balaban J connectivity index is 2.01. The monoisotopic (exact) mass is 321 g/mol. The molecule has 0 aromatic heterocycles. The van der Waals surface area contributed by atoms with Gasteiger partial charge in [0.25, 0.3) is 0 Å². The summed E-state index contributed by atoms with van der Waals surface area (Å²) >= 11 is 0. The fourth-order valence-corrected chi connectivity index (χ4v) is 2.47. The summed E-state index contributed by atoms with van der Waals surface area (Å²) < 4.78 is 13.8. The minimum Gasteiger partial charge on any atom is -0.333 e. The number of nitrogens with one attached hydrogen (secondary N) is 2. The molecular weight excluding hydrogens is 301 g/mol. The Labute approximate surface area is 134 Å². The highest BCUT2D eigenvalue weighted by Crippen LogP contribution is 2.20. The lowest BCUT2D eigenvalue weighted by Gasteiger charge is -2.20. The van der Waals surface area contributed by atoms with Gasteiger partial charge < -0.3 is 15.5 Å². The molecule has 1 aromatic rings. The summed E-state index contributed by atoms with van der Waals surface area (Å²) in [4.78, 5) is 36.5. The van der Waals surface area contributed by atoms with Crippen molar-refractivity contribution >= 4 is 29.1 Å². The van der Waals surface area contributed by atoms with Crippen LogP contribution in [0.1, 0.15) is 32.6 Å². The molecule has 1 saturated heterocycles. The number of benzene rings is 1. The smallest absolute Gasteiger partial charge is 0.244 e. The molecule has 0 spiro atoms. The zero-order chi connectivity index (χ0) is 16.8. The van der Waals surface area contributed by atoms with Gasteiger partial charge in [-0.15, -0.1) is 0 Å². The van der Waals surface area contributed by atoms with Crippen molar-refractivity contribution in [1.29, 1.82) is 0 Å². The summed E-state index contributed by atoms with van der Waals surface area (Å²) in [6, 6.07) is 3.92. The second-order valence-corrected chi connectivity index (χ2v) is 5.55. The van der Waals surface area contributed by atoms with Crippen molar-refractivity contribution in [3.63, 3.8) is 0 Å². The predicted octanol–water partition coefficient (Wildman–Crippen LogP) is 2.13. The van der Waals surface area contributed by atoms with Crippen LogP contribution in [0.2, 0.25) is 0 Å². The number of hydrogen-bond acceptors (Lipinski definition) is 3. The van der Waals surface area contributed by atoms with E-state index in [1.807, 2.05) is 0 Å². The first-order valence-electron chi connectivity index (χ1n) is 7.60. The maximum absolute atomic E-state index is 13.8. The van der Waals surface area contributed by atoms with E-state index in [2.05, 4.69) is 10.6 Å². The molecule has 0 aliphatic carbocycles. The van der Waals surface area contributed by atoms with Crippen LogP contribution in [0, 0.1) is 5.82 Å². The molecule has 1 fully saturated rings. The van der Waals surface area contributed by atoms with E-state index in [1.54, 1.807) is 0 Å². The summed E-state index contributed by atoms with van der Waals surface area (Å²) in [6.07, 6.45) is 3.12. The van der Waals surface area contributed by atoms with E-state index in [9.17, 15) is 18.8 Å². The average molecular weight is 321 g/mol. The third-order valence-corrected chi connectivity index (χ3v) is 3.57. The first kappa shape index (κ1) is 16.9. The molecule has 2 N–H and O–H groups in total. The Hall–Kier alpha value is -2.44. The largest absolute Gasteiger partial charge is 0.333 e. The third kappa shape index (κ3) is 5.05. The number of rotatable bonds is 4. The summed E-state index contributed by atoms with van der Waals surface area (Å²) in [5.74, 6) is -1.40. The number of halogens is 1. The van der Waals surface area contributed by atoms with Gasteiger partial charge in [0.1, 0.15) is 5.82 Å². The van der Waals surface area contributed by atoms with Crippen molar-refractivity contribution in [2.75, 3.05) is 23.7 Å². The molecule has 0 bridgehead atoms. The van der Waals surface area contributed by atoms with Crippen LogP contribution < -0.4 is 10.6 Å². The first-order chi connectivity index (χ1) is 11.0. The molecule has 0 saturated carbocycles. The maximum atomic E-state index is 13.8. The summed E-state index contributed by atoms with van der Waals surface area (Å²) in [7, 11) is 0. The molecule has 1 aromatic carbocycles. The average Bonchev–Trinajstić information content (AvgIpc) is 2.67. The molecule has 1 heterocycles. The summed E-state index contributed by atoms with van der Waals surface area (Å²) in [6.45, 7) is 1.79. The van der Waals surface area contributed by atoms with E-state index >= 15 is 0 Å². The SMILES string of the molecule is CC(=O)Nc1ccc(F)c(NC(=O)CN2CCCCCC2=O)c1. The van der Waals surface area contributed by atoms with Gasteiger partial charge in [-0.25, -0.2) is 4.39 Å². The van der Waals surface area contributed by atoms with Crippen molar-refractivity contribution < 1.29 is 18.8 Å². The van der Waals surface area contributed by atoms with Crippen molar-refractivity contribution in [1.82, 2.24) is 4.90 Å². The number of nitrogens with zero attached hydrogens (tertiary/aromatic N) is 1. The zero-order valence-corrected chi connectivity index (χ0v) is 13.0. The van der Waals surface area contributed by atoms with Crippen molar-refractivity contribution in [3.8, 4) is 0 Å². The molecular formula is C16H20FN3O3. The standard InChI is InChI=1S/C16H20FN3O3/c1-11(21)18-12-6-7-13(17)14(9-12)19-15(22)10-20-8-4-2-3-5-16(20)23/h6-7,9H,2-5,8,10H2,1H3,(H,18,21)(H,19,22). The second-order valence-electron chi connectivity index (χ2n) is 5.55. The molecule has 1 aliphatic heterocycles. The van der Waals surface area contributed by atoms with E-state index in [1.165, 1.54) is 24.0 Å². The number of carbonyl (C=O) groups is 3. The van der Waals surface area contributed by atoms with E-state index in [0.29, 0.717) is 18.7 Å². The Bertz CT molecular complexity index is 619. The highest BCUT2D eigenvalue weighted by molar-refractivity contribution is 5.96. The molecule has 0 radical (unpaired) electrons. The molecule has 0 atom stereocenters. The number of anilines is 2. The van der Waals surface area contributed by atoms with Gasteiger partial charge in [0.2, 0.25) is 17.7 Å². The van der Waals surface area contributed by atoms with E-state index in [4.69, 9.17) is 0 Å². The van der Waals surface area contributed by atoms with Crippen LogP contribution >= 0.6 is 0 Å². The highest BCUT2D eigenvalue weighted by Gasteiger charge is 2.19. The molecule has 7 heteroatoms. The topological polar surface area (TPSA) is 78.5 Å². The zero-order valence-electron chi connectivity index (χ0n) is 13.0. The fourth-order valence-electron chi connectivity index (χ4n) is 2.47.